The molecule has 7 nitrogen and oxygen atoms in total. The first-order valence-electron chi connectivity index (χ1n) is 13.9. The number of hydrogen-bond donors (Lipinski definition) is 0. The monoisotopic (exact) mass is 473 g/mol. The van der Waals surface area contributed by atoms with Gasteiger partial charge in [0, 0.05) is 45.1 Å². The Balaban J connectivity index is 1.25. The molecule has 34 heavy (non-hydrogen) atoms. The summed E-state index contributed by atoms with van der Waals surface area (Å²) >= 11 is 0. The van der Waals surface area contributed by atoms with Crippen LogP contribution in [-0.4, -0.2) is 82.9 Å². The van der Waals surface area contributed by atoms with Crippen molar-refractivity contribution in [3.05, 3.63) is 0 Å². The molecule has 2 aliphatic carbocycles. The van der Waals surface area contributed by atoms with Crippen LogP contribution < -0.4 is 0 Å². The summed E-state index contributed by atoms with van der Waals surface area (Å²) < 4.78 is 5.77. The quantitative estimate of drug-likeness (QED) is 0.631. The Morgan fingerprint density at radius 1 is 0.794 bits per heavy atom. The van der Waals surface area contributed by atoms with E-state index in [1.807, 2.05) is 0 Å². The number of piperazine rings is 1. The number of ether oxygens (including phenoxy) is 1. The third-order valence-corrected chi connectivity index (χ3v) is 9.57. The number of fused-ring (bicyclic) bond motifs is 1. The Hall–Kier alpha value is -1.63. The molecule has 0 spiro atoms. The SMILES string of the molecule is CC(=O)N1C2CCC(C3CCC(C(=O)N4CCCC4)CC3)CC2N(C(=O)C2CCCO2)C[C@@H]1C. The minimum atomic E-state index is -0.302. The predicted octanol–water partition coefficient (Wildman–Crippen LogP) is 3.21. The molecule has 3 heterocycles. The largest absolute Gasteiger partial charge is 0.368 e. The van der Waals surface area contributed by atoms with Crippen molar-refractivity contribution in [1.29, 1.82) is 0 Å². The average Bonchev–Trinajstić information content (AvgIpc) is 3.57. The maximum Gasteiger partial charge on any atom is 0.252 e. The molecular formula is C27H43N3O4. The summed E-state index contributed by atoms with van der Waals surface area (Å²) in [5, 5.41) is 0. The summed E-state index contributed by atoms with van der Waals surface area (Å²) in [4.78, 5) is 45.1. The molecule has 3 saturated heterocycles. The van der Waals surface area contributed by atoms with Gasteiger partial charge < -0.3 is 19.4 Å². The highest BCUT2D eigenvalue weighted by molar-refractivity contribution is 5.82. The summed E-state index contributed by atoms with van der Waals surface area (Å²) in [7, 11) is 0. The molecule has 190 valence electrons. The molecule has 0 N–H and O–H groups in total. The molecule has 4 unspecified atom stereocenters. The Bertz CT molecular complexity index is 768. The zero-order valence-electron chi connectivity index (χ0n) is 21.1. The van der Waals surface area contributed by atoms with Crippen LogP contribution >= 0.6 is 0 Å². The lowest BCUT2D eigenvalue weighted by atomic mass is 9.67. The van der Waals surface area contributed by atoms with E-state index < -0.39 is 0 Å². The second kappa shape index (κ2) is 10.2. The van der Waals surface area contributed by atoms with E-state index in [4.69, 9.17) is 4.74 Å². The van der Waals surface area contributed by atoms with Gasteiger partial charge in [-0.15, -0.1) is 0 Å². The number of likely N-dealkylation sites (tertiary alicyclic amines) is 1. The lowest BCUT2D eigenvalue weighted by Crippen LogP contribution is -2.68. The van der Waals surface area contributed by atoms with E-state index in [-0.39, 0.29) is 42.0 Å². The predicted molar refractivity (Wildman–Crippen MR) is 129 cm³/mol. The summed E-state index contributed by atoms with van der Waals surface area (Å²) in [5.74, 6) is 2.09. The van der Waals surface area contributed by atoms with Crippen LogP contribution in [0.5, 0.6) is 0 Å². The van der Waals surface area contributed by atoms with E-state index in [0.29, 0.717) is 30.9 Å². The molecule has 5 aliphatic rings. The minimum absolute atomic E-state index is 0.0488. The molecule has 0 aromatic carbocycles. The van der Waals surface area contributed by atoms with Crippen molar-refractivity contribution < 1.29 is 19.1 Å². The number of carbonyl (C=O) groups is 3. The topological polar surface area (TPSA) is 70.2 Å². The highest BCUT2D eigenvalue weighted by Gasteiger charge is 2.49. The van der Waals surface area contributed by atoms with E-state index >= 15 is 0 Å². The van der Waals surface area contributed by atoms with Gasteiger partial charge in [0.2, 0.25) is 11.8 Å². The zero-order chi connectivity index (χ0) is 23.8. The van der Waals surface area contributed by atoms with Crippen molar-refractivity contribution >= 4 is 17.7 Å². The van der Waals surface area contributed by atoms with Crippen LogP contribution in [0.1, 0.15) is 84.5 Å². The second-order valence-corrected chi connectivity index (χ2v) is 11.6. The minimum Gasteiger partial charge on any atom is -0.368 e. The summed E-state index contributed by atoms with van der Waals surface area (Å²) in [5.41, 5.74) is 0. The Kier molecular flexibility index (Phi) is 7.19. The highest BCUT2D eigenvalue weighted by atomic mass is 16.5. The van der Waals surface area contributed by atoms with Gasteiger partial charge in [-0.05, 0) is 89.4 Å². The fourth-order valence-electron chi connectivity index (χ4n) is 7.87. The van der Waals surface area contributed by atoms with Gasteiger partial charge >= 0.3 is 0 Å². The molecule has 0 radical (unpaired) electrons. The molecule has 5 rings (SSSR count). The molecule has 0 bridgehead atoms. The third kappa shape index (κ3) is 4.61. The van der Waals surface area contributed by atoms with E-state index in [9.17, 15) is 14.4 Å². The van der Waals surface area contributed by atoms with Gasteiger partial charge in [-0.1, -0.05) is 0 Å². The van der Waals surface area contributed by atoms with E-state index in [0.717, 1.165) is 83.7 Å². The van der Waals surface area contributed by atoms with Crippen LogP contribution in [0.25, 0.3) is 0 Å². The van der Waals surface area contributed by atoms with Gasteiger partial charge in [0.15, 0.2) is 0 Å². The molecule has 7 heteroatoms. The van der Waals surface area contributed by atoms with Crippen LogP contribution in [0.4, 0.5) is 0 Å². The van der Waals surface area contributed by atoms with Crippen molar-refractivity contribution in [3.63, 3.8) is 0 Å². The Morgan fingerprint density at radius 3 is 2.15 bits per heavy atom. The number of amides is 3. The zero-order valence-corrected chi connectivity index (χ0v) is 21.1. The molecule has 2 saturated carbocycles. The van der Waals surface area contributed by atoms with E-state index in [1.165, 1.54) is 0 Å². The first-order chi connectivity index (χ1) is 16.4. The Labute approximate surface area is 204 Å². The summed E-state index contributed by atoms with van der Waals surface area (Å²) in [6.45, 7) is 6.95. The van der Waals surface area contributed by atoms with Gasteiger partial charge in [0.05, 0.1) is 12.1 Å². The van der Waals surface area contributed by atoms with E-state index in [1.54, 1.807) is 6.92 Å². The van der Waals surface area contributed by atoms with Crippen LogP contribution in [-0.2, 0) is 19.1 Å². The third-order valence-electron chi connectivity index (χ3n) is 9.57. The normalized spacial score (nSPS) is 38.6. The van der Waals surface area contributed by atoms with Crippen molar-refractivity contribution in [2.45, 2.75) is 109 Å². The van der Waals surface area contributed by atoms with Crippen LogP contribution in [0.3, 0.4) is 0 Å². The van der Waals surface area contributed by atoms with Crippen molar-refractivity contribution in [2.24, 2.45) is 17.8 Å². The van der Waals surface area contributed by atoms with Crippen molar-refractivity contribution in [1.82, 2.24) is 14.7 Å². The second-order valence-electron chi connectivity index (χ2n) is 11.6. The Morgan fingerprint density at radius 2 is 1.50 bits per heavy atom. The molecule has 5 atom stereocenters. The lowest BCUT2D eigenvalue weighted by Gasteiger charge is -2.55. The lowest BCUT2D eigenvalue weighted by molar-refractivity contribution is -0.160. The number of nitrogens with zero attached hydrogens (tertiary/aromatic N) is 3. The van der Waals surface area contributed by atoms with Gasteiger partial charge in [0.25, 0.3) is 5.91 Å². The van der Waals surface area contributed by atoms with Crippen LogP contribution in [0, 0.1) is 17.8 Å². The van der Waals surface area contributed by atoms with Crippen LogP contribution in [0.15, 0.2) is 0 Å². The van der Waals surface area contributed by atoms with Crippen LogP contribution in [0.2, 0.25) is 0 Å². The van der Waals surface area contributed by atoms with Crippen molar-refractivity contribution in [2.75, 3.05) is 26.2 Å². The summed E-state index contributed by atoms with van der Waals surface area (Å²) in [6.07, 6.45) is 11.1. The number of carbonyl (C=O) groups excluding carboxylic acids is 3. The van der Waals surface area contributed by atoms with E-state index in [2.05, 4.69) is 21.6 Å². The fourth-order valence-corrected chi connectivity index (χ4v) is 7.87. The molecule has 0 aromatic heterocycles. The maximum absolute atomic E-state index is 13.5. The summed E-state index contributed by atoms with van der Waals surface area (Å²) in [6, 6.07) is 0.267. The fraction of sp³-hybridized carbons (Fsp3) is 0.889. The molecular weight excluding hydrogens is 430 g/mol. The van der Waals surface area contributed by atoms with Gasteiger partial charge in [-0.3, -0.25) is 14.4 Å². The van der Waals surface area contributed by atoms with Gasteiger partial charge in [-0.25, -0.2) is 0 Å². The number of rotatable bonds is 3. The van der Waals surface area contributed by atoms with Gasteiger partial charge in [-0.2, -0.15) is 0 Å². The van der Waals surface area contributed by atoms with Gasteiger partial charge in [0.1, 0.15) is 6.10 Å². The standard InChI is InChI=1S/C27H43N3O4/c1-18-17-29(27(33)25-6-5-15-34-25)24-16-22(11-12-23(24)30(18)19(2)31)20-7-9-21(10-8-20)26(32)28-13-3-4-14-28/h18,20-25H,3-17H2,1-2H3/t18-,20?,21?,22?,23?,24?,25?/m0/s1. The first-order valence-corrected chi connectivity index (χ1v) is 13.9. The molecule has 5 fully saturated rings. The highest BCUT2D eigenvalue weighted by Crippen LogP contribution is 2.44. The van der Waals surface area contributed by atoms with Crippen molar-refractivity contribution in [3.8, 4) is 0 Å². The first kappa shape index (κ1) is 24.1. The average molecular weight is 474 g/mol. The number of hydrogen-bond acceptors (Lipinski definition) is 4. The molecule has 3 amide bonds. The molecule has 3 aliphatic heterocycles. The maximum atomic E-state index is 13.5. The molecule has 0 aromatic rings. The smallest absolute Gasteiger partial charge is 0.252 e.